The molecule has 4 heterocycles. The van der Waals surface area contributed by atoms with Gasteiger partial charge < -0.3 is 41.2 Å². The number of aromatic amines is 1. The SMILES string of the molecule is CNc1nc(-c2cnc(C(=O)Nc3cccc(F)c3N3CCC(CN)CC3)[nH]2)cc(N2CCC(OC)(C(=O)NC3CCCCC3)C2)n1. The third kappa shape index (κ3) is 7.03. The summed E-state index contributed by atoms with van der Waals surface area (Å²) in [6, 6.07) is 6.66. The van der Waals surface area contributed by atoms with Crippen LogP contribution in [0.5, 0.6) is 0 Å². The van der Waals surface area contributed by atoms with E-state index in [9.17, 15) is 9.59 Å². The van der Waals surface area contributed by atoms with Crippen molar-refractivity contribution in [3.63, 3.8) is 0 Å². The number of H-pyrrole nitrogens is 1. The molecule has 1 unspecified atom stereocenters. The van der Waals surface area contributed by atoms with Crippen LogP contribution in [0.15, 0.2) is 30.5 Å². The molecule has 252 valence electrons. The summed E-state index contributed by atoms with van der Waals surface area (Å²) in [5.41, 5.74) is 6.63. The second-order valence-corrected chi connectivity index (χ2v) is 12.8. The molecule has 1 aliphatic carbocycles. The first-order valence-corrected chi connectivity index (χ1v) is 16.6. The van der Waals surface area contributed by atoms with E-state index in [2.05, 4.69) is 35.9 Å². The van der Waals surface area contributed by atoms with Crippen LogP contribution in [0.3, 0.4) is 0 Å². The van der Waals surface area contributed by atoms with Crippen LogP contribution >= 0.6 is 0 Å². The Bertz CT molecular complexity index is 1570. The van der Waals surface area contributed by atoms with Gasteiger partial charge in [-0.1, -0.05) is 25.3 Å². The summed E-state index contributed by atoms with van der Waals surface area (Å²) >= 11 is 0. The first-order chi connectivity index (χ1) is 22.8. The molecular weight excluding hydrogens is 603 g/mol. The van der Waals surface area contributed by atoms with Gasteiger partial charge in [0.25, 0.3) is 11.8 Å². The predicted octanol–water partition coefficient (Wildman–Crippen LogP) is 3.52. The molecule has 6 N–H and O–H groups in total. The molecule has 1 aromatic carbocycles. The van der Waals surface area contributed by atoms with Gasteiger partial charge in [0.1, 0.15) is 11.6 Å². The monoisotopic (exact) mass is 648 g/mol. The standard InChI is InChI=1S/C33H45FN10O3/c1-36-32-41-25(17-27(42-32)44-16-13-33(20-44,47-2)31(46)38-22-7-4-3-5-8-22)26-19-37-29(39-26)30(45)40-24-10-6-9-23(34)28(24)43-14-11-21(18-35)12-15-43/h6,9-10,17,19,21-22H,3-5,7-8,11-16,18,20,35H2,1-2H3,(H,37,39)(H,38,46)(H,40,45)(H,36,41,42). The van der Waals surface area contributed by atoms with Crippen molar-refractivity contribution in [3.8, 4) is 11.4 Å². The first kappa shape index (κ1) is 32.6. The van der Waals surface area contributed by atoms with E-state index in [0.717, 1.165) is 38.5 Å². The van der Waals surface area contributed by atoms with E-state index in [1.165, 1.54) is 18.7 Å². The topological polar surface area (TPSA) is 166 Å². The van der Waals surface area contributed by atoms with E-state index in [1.54, 1.807) is 32.4 Å². The van der Waals surface area contributed by atoms with Crippen LogP contribution in [-0.4, -0.2) is 90.3 Å². The predicted molar refractivity (Wildman–Crippen MR) is 179 cm³/mol. The summed E-state index contributed by atoms with van der Waals surface area (Å²) in [5, 5.41) is 9.08. The minimum atomic E-state index is -0.975. The highest BCUT2D eigenvalue weighted by molar-refractivity contribution is 6.04. The molecule has 0 radical (unpaired) electrons. The lowest BCUT2D eigenvalue weighted by atomic mass is 9.94. The number of anilines is 4. The molecule has 1 atom stereocenters. The molecule has 3 fully saturated rings. The molecule has 47 heavy (non-hydrogen) atoms. The molecule has 3 aromatic rings. The number of carbonyl (C=O) groups is 2. The van der Waals surface area contributed by atoms with Crippen molar-refractivity contribution in [3.05, 3.63) is 42.1 Å². The molecule has 2 amide bonds. The summed E-state index contributed by atoms with van der Waals surface area (Å²) in [5.74, 6) is 0.492. The highest BCUT2D eigenvalue weighted by Gasteiger charge is 2.46. The van der Waals surface area contributed by atoms with Gasteiger partial charge in [-0.15, -0.1) is 0 Å². The van der Waals surface area contributed by atoms with Crippen molar-refractivity contribution in [1.82, 2.24) is 25.3 Å². The number of ether oxygens (including phenoxy) is 1. The molecule has 1 saturated carbocycles. The number of nitrogens with one attached hydrogen (secondary N) is 4. The zero-order valence-electron chi connectivity index (χ0n) is 27.1. The van der Waals surface area contributed by atoms with E-state index in [0.29, 0.717) is 79.6 Å². The fourth-order valence-corrected chi connectivity index (χ4v) is 6.91. The van der Waals surface area contributed by atoms with E-state index >= 15 is 4.39 Å². The summed E-state index contributed by atoms with van der Waals surface area (Å²) in [6.07, 6.45) is 9.26. The van der Waals surface area contributed by atoms with Gasteiger partial charge in [-0.25, -0.2) is 14.4 Å². The Morgan fingerprint density at radius 1 is 1.11 bits per heavy atom. The molecule has 6 rings (SSSR count). The van der Waals surface area contributed by atoms with Crippen molar-refractivity contribution in [2.24, 2.45) is 11.7 Å². The maximum absolute atomic E-state index is 15.1. The highest BCUT2D eigenvalue weighted by atomic mass is 19.1. The number of nitrogens with zero attached hydrogens (tertiary/aromatic N) is 5. The number of rotatable bonds is 10. The van der Waals surface area contributed by atoms with Crippen LogP contribution in [0.25, 0.3) is 11.4 Å². The van der Waals surface area contributed by atoms with Gasteiger partial charge in [0.15, 0.2) is 11.4 Å². The van der Waals surface area contributed by atoms with Gasteiger partial charge in [-0.3, -0.25) is 9.59 Å². The minimum Gasteiger partial charge on any atom is -0.367 e. The number of carbonyl (C=O) groups excluding carboxylic acids is 2. The number of benzene rings is 1. The number of para-hydroxylation sites is 1. The zero-order valence-corrected chi connectivity index (χ0v) is 27.1. The fraction of sp³-hybridized carbons (Fsp3) is 0.545. The lowest BCUT2D eigenvalue weighted by Gasteiger charge is -2.34. The number of hydrogen-bond acceptors (Lipinski definition) is 10. The number of hydrogen-bond donors (Lipinski definition) is 5. The van der Waals surface area contributed by atoms with Crippen molar-refractivity contribution < 1.29 is 18.7 Å². The smallest absolute Gasteiger partial charge is 0.291 e. The van der Waals surface area contributed by atoms with Crippen molar-refractivity contribution >= 4 is 35.0 Å². The normalized spacial score (nSPS) is 20.8. The highest BCUT2D eigenvalue weighted by Crippen LogP contribution is 2.34. The molecule has 14 heteroatoms. The van der Waals surface area contributed by atoms with Crippen LogP contribution < -0.4 is 31.5 Å². The van der Waals surface area contributed by atoms with Crippen LogP contribution in [0.1, 0.15) is 62.0 Å². The third-order valence-corrected chi connectivity index (χ3v) is 9.80. The molecule has 3 aliphatic rings. The summed E-state index contributed by atoms with van der Waals surface area (Å²) in [7, 11) is 3.31. The van der Waals surface area contributed by atoms with Crippen molar-refractivity contribution in [2.75, 3.05) is 67.3 Å². The Labute approximate surface area is 274 Å². The molecule has 0 bridgehead atoms. The molecule has 2 saturated heterocycles. The van der Waals surface area contributed by atoms with Crippen LogP contribution in [0.2, 0.25) is 0 Å². The number of nitrogens with two attached hydrogens (primary N) is 1. The van der Waals surface area contributed by atoms with E-state index < -0.39 is 17.3 Å². The Balaban J connectivity index is 1.17. The van der Waals surface area contributed by atoms with E-state index in [-0.39, 0.29) is 17.8 Å². The average molecular weight is 649 g/mol. The van der Waals surface area contributed by atoms with Gasteiger partial charge in [-0.05, 0) is 50.3 Å². The number of methoxy groups -OCH3 is 1. The second kappa shape index (κ2) is 14.2. The first-order valence-electron chi connectivity index (χ1n) is 16.6. The Hall–Kier alpha value is -4.30. The minimum absolute atomic E-state index is 0.0576. The number of imidazole rings is 1. The van der Waals surface area contributed by atoms with Gasteiger partial charge >= 0.3 is 0 Å². The molecule has 0 spiro atoms. The van der Waals surface area contributed by atoms with E-state index in [1.807, 2.05) is 9.80 Å². The summed E-state index contributed by atoms with van der Waals surface area (Å²) in [4.78, 5) is 47.4. The molecular formula is C33H45FN10O3. The van der Waals surface area contributed by atoms with Gasteiger partial charge in [0.05, 0.1) is 35.5 Å². The summed E-state index contributed by atoms with van der Waals surface area (Å²) in [6.45, 7) is 2.85. The summed E-state index contributed by atoms with van der Waals surface area (Å²) < 4.78 is 20.9. The molecule has 2 aromatic heterocycles. The van der Waals surface area contributed by atoms with Crippen LogP contribution in [-0.2, 0) is 9.53 Å². The lowest BCUT2D eigenvalue weighted by Crippen LogP contribution is -2.53. The molecule has 2 aliphatic heterocycles. The fourth-order valence-electron chi connectivity index (χ4n) is 6.91. The van der Waals surface area contributed by atoms with E-state index in [4.69, 9.17) is 10.5 Å². The Morgan fingerprint density at radius 2 is 1.89 bits per heavy atom. The quantitative estimate of drug-likeness (QED) is 0.220. The van der Waals surface area contributed by atoms with Crippen molar-refractivity contribution in [1.29, 1.82) is 0 Å². The maximum Gasteiger partial charge on any atom is 0.291 e. The largest absolute Gasteiger partial charge is 0.367 e. The van der Waals surface area contributed by atoms with Crippen LogP contribution in [0, 0.1) is 11.7 Å². The third-order valence-electron chi connectivity index (χ3n) is 9.80. The maximum atomic E-state index is 15.1. The molecule has 13 nitrogen and oxygen atoms in total. The second-order valence-electron chi connectivity index (χ2n) is 12.8. The van der Waals surface area contributed by atoms with Crippen molar-refractivity contribution in [2.45, 2.75) is 63.0 Å². The van der Waals surface area contributed by atoms with Gasteiger partial charge in [0.2, 0.25) is 5.95 Å². The average Bonchev–Trinajstić information content (AvgIpc) is 3.78. The lowest BCUT2D eigenvalue weighted by molar-refractivity contribution is -0.142. The number of halogens is 1. The van der Waals surface area contributed by atoms with Crippen LogP contribution in [0.4, 0.5) is 27.5 Å². The zero-order chi connectivity index (χ0) is 33.0. The number of piperidine rings is 1. The Kier molecular flexibility index (Phi) is 9.87. The number of amides is 2. The Morgan fingerprint density at radius 3 is 2.62 bits per heavy atom. The van der Waals surface area contributed by atoms with Gasteiger partial charge in [-0.2, -0.15) is 4.98 Å². The van der Waals surface area contributed by atoms with Gasteiger partial charge in [0, 0.05) is 52.3 Å². The number of aromatic nitrogens is 4.